The summed E-state index contributed by atoms with van der Waals surface area (Å²) in [6.07, 6.45) is 1.76. The number of ether oxygens (including phenoxy) is 2. The largest absolute Gasteiger partial charge is 0.497 e. The number of hydrogen-bond donors (Lipinski definition) is 0. The van der Waals surface area contributed by atoms with E-state index in [1.165, 1.54) is 12.1 Å². The zero-order chi connectivity index (χ0) is 19.1. The molecule has 3 aromatic rings. The lowest BCUT2D eigenvalue weighted by Crippen LogP contribution is -1.96. The summed E-state index contributed by atoms with van der Waals surface area (Å²) in [6, 6.07) is 21.4. The van der Waals surface area contributed by atoms with Gasteiger partial charge in [0.2, 0.25) is 0 Å². The van der Waals surface area contributed by atoms with E-state index in [4.69, 9.17) is 9.47 Å². The van der Waals surface area contributed by atoms with Gasteiger partial charge in [0.1, 0.15) is 18.1 Å². The van der Waals surface area contributed by atoms with E-state index in [-0.39, 0.29) is 5.69 Å². The maximum absolute atomic E-state index is 10.7. The van der Waals surface area contributed by atoms with Crippen molar-refractivity contribution in [1.29, 1.82) is 0 Å². The molecule has 0 aromatic heterocycles. The Kier molecular flexibility index (Phi) is 5.79. The highest BCUT2D eigenvalue weighted by atomic mass is 16.6. The maximum atomic E-state index is 10.7. The summed E-state index contributed by atoms with van der Waals surface area (Å²) in [7, 11) is 1.63. The van der Waals surface area contributed by atoms with E-state index < -0.39 is 4.92 Å². The third kappa shape index (κ3) is 5.15. The molecule has 0 spiro atoms. The van der Waals surface area contributed by atoms with Crippen LogP contribution in [0.5, 0.6) is 11.5 Å². The molecule has 0 aliphatic rings. The Labute approximate surface area is 156 Å². The molecule has 0 unspecified atom stereocenters. The SMILES string of the molecule is COc1ccc(N=Cc2cccc(OCc3ccc([N+](=O)[O-])cc3)c2)cc1. The fourth-order valence-corrected chi connectivity index (χ4v) is 2.38. The standard InChI is InChI=1S/C21H18N2O4/c1-26-20-11-7-18(8-12-20)22-14-17-3-2-4-21(13-17)27-15-16-5-9-19(10-6-16)23(24)25/h2-14H,15H2,1H3. The minimum atomic E-state index is -0.420. The molecule has 0 amide bonds. The molecule has 0 aliphatic heterocycles. The Morgan fingerprint density at radius 3 is 2.41 bits per heavy atom. The maximum Gasteiger partial charge on any atom is 0.269 e. The number of benzene rings is 3. The summed E-state index contributed by atoms with van der Waals surface area (Å²) in [5, 5.41) is 10.7. The second-order valence-corrected chi connectivity index (χ2v) is 5.74. The van der Waals surface area contributed by atoms with E-state index in [2.05, 4.69) is 4.99 Å². The summed E-state index contributed by atoms with van der Waals surface area (Å²) in [5.41, 5.74) is 2.66. The summed E-state index contributed by atoms with van der Waals surface area (Å²) >= 11 is 0. The lowest BCUT2D eigenvalue weighted by Gasteiger charge is -2.07. The summed E-state index contributed by atoms with van der Waals surface area (Å²) in [6.45, 7) is 0.330. The van der Waals surface area contributed by atoms with Crippen LogP contribution in [0.15, 0.2) is 77.8 Å². The molecule has 3 aromatic carbocycles. The van der Waals surface area contributed by atoms with Gasteiger partial charge in [-0.3, -0.25) is 15.1 Å². The highest BCUT2D eigenvalue weighted by molar-refractivity contribution is 5.82. The molecule has 0 bridgehead atoms. The molecule has 0 saturated heterocycles. The third-order valence-electron chi connectivity index (χ3n) is 3.85. The Hall–Kier alpha value is -3.67. The van der Waals surface area contributed by atoms with Crippen LogP contribution in [0, 0.1) is 10.1 Å². The van der Waals surface area contributed by atoms with Crippen molar-refractivity contribution in [2.24, 2.45) is 4.99 Å². The van der Waals surface area contributed by atoms with Gasteiger partial charge >= 0.3 is 0 Å². The highest BCUT2D eigenvalue weighted by Crippen LogP contribution is 2.19. The predicted molar refractivity (Wildman–Crippen MR) is 104 cm³/mol. The van der Waals surface area contributed by atoms with E-state index in [0.29, 0.717) is 12.4 Å². The number of hydrogen-bond acceptors (Lipinski definition) is 5. The fraction of sp³-hybridized carbons (Fsp3) is 0.0952. The average molecular weight is 362 g/mol. The van der Waals surface area contributed by atoms with Gasteiger partial charge in [-0.15, -0.1) is 0 Å². The van der Waals surface area contributed by atoms with Crippen LogP contribution in [0.1, 0.15) is 11.1 Å². The fourth-order valence-electron chi connectivity index (χ4n) is 2.38. The van der Waals surface area contributed by atoms with Crippen molar-refractivity contribution in [2.45, 2.75) is 6.61 Å². The van der Waals surface area contributed by atoms with Gasteiger partial charge in [0, 0.05) is 18.3 Å². The first kappa shape index (κ1) is 18.1. The van der Waals surface area contributed by atoms with Crippen LogP contribution < -0.4 is 9.47 Å². The minimum absolute atomic E-state index is 0.0653. The normalized spacial score (nSPS) is 10.7. The summed E-state index contributed by atoms with van der Waals surface area (Å²) in [4.78, 5) is 14.7. The van der Waals surface area contributed by atoms with Crippen molar-refractivity contribution >= 4 is 17.6 Å². The Bertz CT molecular complexity index is 935. The van der Waals surface area contributed by atoms with Crippen molar-refractivity contribution in [3.05, 3.63) is 94.0 Å². The second-order valence-electron chi connectivity index (χ2n) is 5.74. The first-order valence-electron chi connectivity index (χ1n) is 8.28. The van der Waals surface area contributed by atoms with Gasteiger partial charge in [-0.1, -0.05) is 12.1 Å². The van der Waals surface area contributed by atoms with E-state index in [9.17, 15) is 10.1 Å². The number of aliphatic imine (C=N–C) groups is 1. The van der Waals surface area contributed by atoms with Crippen molar-refractivity contribution in [2.75, 3.05) is 7.11 Å². The Morgan fingerprint density at radius 1 is 1.00 bits per heavy atom. The molecule has 27 heavy (non-hydrogen) atoms. The first-order valence-corrected chi connectivity index (χ1v) is 8.28. The Morgan fingerprint density at radius 2 is 1.74 bits per heavy atom. The van der Waals surface area contributed by atoms with Gasteiger partial charge in [0.15, 0.2) is 0 Å². The van der Waals surface area contributed by atoms with Gasteiger partial charge in [-0.2, -0.15) is 0 Å². The van der Waals surface area contributed by atoms with Gasteiger partial charge < -0.3 is 9.47 Å². The van der Waals surface area contributed by atoms with Crippen LogP contribution in [-0.4, -0.2) is 18.2 Å². The van der Waals surface area contributed by atoms with Gasteiger partial charge in [-0.25, -0.2) is 0 Å². The lowest BCUT2D eigenvalue weighted by molar-refractivity contribution is -0.384. The van der Waals surface area contributed by atoms with Gasteiger partial charge in [0.25, 0.3) is 5.69 Å². The summed E-state index contributed by atoms with van der Waals surface area (Å²) < 4.78 is 10.9. The molecule has 0 N–H and O–H groups in total. The molecule has 6 nitrogen and oxygen atoms in total. The number of nitrogens with zero attached hydrogens (tertiary/aromatic N) is 2. The van der Waals surface area contributed by atoms with Gasteiger partial charge in [-0.05, 0) is 59.7 Å². The van der Waals surface area contributed by atoms with E-state index in [1.807, 2.05) is 48.5 Å². The number of nitro groups is 1. The quantitative estimate of drug-likeness (QED) is 0.339. The van der Waals surface area contributed by atoms with Crippen molar-refractivity contribution in [1.82, 2.24) is 0 Å². The lowest BCUT2D eigenvalue weighted by atomic mass is 10.2. The monoisotopic (exact) mass is 362 g/mol. The molecule has 3 rings (SSSR count). The van der Waals surface area contributed by atoms with E-state index in [0.717, 1.165) is 22.6 Å². The number of rotatable bonds is 7. The van der Waals surface area contributed by atoms with Gasteiger partial charge in [0.05, 0.1) is 17.7 Å². The van der Waals surface area contributed by atoms with Crippen LogP contribution in [0.4, 0.5) is 11.4 Å². The topological polar surface area (TPSA) is 74.0 Å². The highest BCUT2D eigenvalue weighted by Gasteiger charge is 2.04. The molecule has 0 aliphatic carbocycles. The van der Waals surface area contributed by atoms with Crippen molar-refractivity contribution in [3.63, 3.8) is 0 Å². The molecule has 136 valence electrons. The molecular weight excluding hydrogens is 344 g/mol. The molecule has 0 radical (unpaired) electrons. The first-order chi connectivity index (χ1) is 13.1. The van der Waals surface area contributed by atoms with Crippen LogP contribution in [-0.2, 0) is 6.61 Å². The van der Waals surface area contributed by atoms with E-state index >= 15 is 0 Å². The molecule has 0 saturated carbocycles. The zero-order valence-corrected chi connectivity index (χ0v) is 14.7. The summed E-state index contributed by atoms with van der Waals surface area (Å²) in [5.74, 6) is 1.49. The smallest absolute Gasteiger partial charge is 0.269 e. The molecular formula is C21H18N2O4. The minimum Gasteiger partial charge on any atom is -0.497 e. The predicted octanol–water partition coefficient (Wildman–Crippen LogP) is 4.93. The molecule has 0 heterocycles. The molecule has 0 atom stereocenters. The van der Waals surface area contributed by atoms with Crippen molar-refractivity contribution in [3.8, 4) is 11.5 Å². The van der Waals surface area contributed by atoms with Crippen LogP contribution in [0.3, 0.4) is 0 Å². The molecule has 6 heteroatoms. The Balaban J connectivity index is 1.62. The number of methoxy groups -OCH3 is 1. The van der Waals surface area contributed by atoms with Crippen LogP contribution in [0.2, 0.25) is 0 Å². The average Bonchev–Trinajstić information content (AvgIpc) is 2.72. The second kappa shape index (κ2) is 8.62. The third-order valence-corrected chi connectivity index (χ3v) is 3.85. The molecule has 0 fully saturated rings. The van der Waals surface area contributed by atoms with E-state index in [1.54, 1.807) is 25.5 Å². The zero-order valence-electron chi connectivity index (χ0n) is 14.7. The number of non-ortho nitro benzene ring substituents is 1. The van der Waals surface area contributed by atoms with Crippen LogP contribution in [0.25, 0.3) is 0 Å². The van der Waals surface area contributed by atoms with Crippen molar-refractivity contribution < 1.29 is 14.4 Å². The van der Waals surface area contributed by atoms with Crippen LogP contribution >= 0.6 is 0 Å². The number of nitro benzene ring substituents is 1.